The fourth-order valence-electron chi connectivity index (χ4n) is 3.68. The van der Waals surface area contributed by atoms with Crippen LogP contribution in [0.1, 0.15) is 25.1 Å². The molecule has 6 nitrogen and oxygen atoms in total. The molecular formula is C19H20ClN4O2S+. The standard InChI is InChI=1S/C19H19ClN4O2S/c20-12-6-4-11(5-7-12)15-9-13-17(27-15)19(26)23-16(22-13)10-24-8-2-1-3-14(24)18(21)25/h4-7,9,14H,1-3,8,10H2,(H2,21,25)(H,22,23,26)/p+1/t14-/m0/s1. The van der Waals surface area contributed by atoms with Crippen molar-refractivity contribution in [2.45, 2.75) is 31.8 Å². The van der Waals surface area contributed by atoms with Gasteiger partial charge in [-0.1, -0.05) is 23.7 Å². The first-order valence-electron chi connectivity index (χ1n) is 8.94. The fourth-order valence-corrected chi connectivity index (χ4v) is 4.80. The molecule has 0 saturated carbocycles. The minimum Gasteiger partial charge on any atom is -0.365 e. The summed E-state index contributed by atoms with van der Waals surface area (Å²) in [5, 5.41) is 0.673. The summed E-state index contributed by atoms with van der Waals surface area (Å²) in [6.45, 7) is 1.35. The number of aromatic amines is 1. The molecule has 27 heavy (non-hydrogen) atoms. The van der Waals surface area contributed by atoms with Crippen LogP contribution in [0.3, 0.4) is 0 Å². The highest BCUT2D eigenvalue weighted by molar-refractivity contribution is 7.22. The van der Waals surface area contributed by atoms with Crippen LogP contribution in [0.25, 0.3) is 20.7 Å². The summed E-state index contributed by atoms with van der Waals surface area (Å²) in [6, 6.07) is 9.22. The molecule has 2 atom stereocenters. The zero-order valence-electron chi connectivity index (χ0n) is 14.6. The molecule has 4 N–H and O–H groups in total. The molecule has 0 bridgehead atoms. The number of nitrogens with zero attached hydrogens (tertiary/aromatic N) is 1. The average molecular weight is 404 g/mol. The van der Waals surface area contributed by atoms with Gasteiger partial charge in [-0.3, -0.25) is 9.59 Å². The van der Waals surface area contributed by atoms with E-state index in [4.69, 9.17) is 17.3 Å². The van der Waals surface area contributed by atoms with Crippen LogP contribution in [-0.4, -0.2) is 28.5 Å². The summed E-state index contributed by atoms with van der Waals surface area (Å²) >= 11 is 7.36. The van der Waals surface area contributed by atoms with Gasteiger partial charge >= 0.3 is 0 Å². The number of hydrogen-bond acceptors (Lipinski definition) is 4. The lowest BCUT2D eigenvalue weighted by molar-refractivity contribution is -0.935. The van der Waals surface area contributed by atoms with Crippen LogP contribution < -0.4 is 16.2 Å². The van der Waals surface area contributed by atoms with Gasteiger partial charge in [0.25, 0.3) is 11.5 Å². The lowest BCUT2D eigenvalue weighted by atomic mass is 10.0. The first kappa shape index (κ1) is 18.2. The molecule has 0 radical (unpaired) electrons. The number of benzene rings is 1. The van der Waals surface area contributed by atoms with Gasteiger partial charge in [-0.05, 0) is 36.6 Å². The molecule has 140 valence electrons. The average Bonchev–Trinajstić information content (AvgIpc) is 3.07. The van der Waals surface area contributed by atoms with Crippen LogP contribution in [0, 0.1) is 0 Å². The smallest absolute Gasteiger partial charge is 0.275 e. The summed E-state index contributed by atoms with van der Waals surface area (Å²) in [7, 11) is 0. The number of thiophene rings is 1. The van der Waals surface area contributed by atoms with Crippen molar-refractivity contribution in [2.24, 2.45) is 5.73 Å². The van der Waals surface area contributed by atoms with E-state index in [0.29, 0.717) is 27.6 Å². The number of rotatable bonds is 4. The highest BCUT2D eigenvalue weighted by Crippen LogP contribution is 2.31. The molecule has 3 aromatic rings. The Morgan fingerprint density at radius 3 is 2.85 bits per heavy atom. The summed E-state index contributed by atoms with van der Waals surface area (Å²) in [4.78, 5) is 33.8. The van der Waals surface area contributed by atoms with E-state index in [1.165, 1.54) is 11.3 Å². The van der Waals surface area contributed by atoms with Crippen molar-refractivity contribution >= 4 is 39.1 Å². The molecular weight excluding hydrogens is 384 g/mol. The van der Waals surface area contributed by atoms with E-state index in [9.17, 15) is 9.59 Å². The Labute approximate surface area is 165 Å². The Bertz CT molecular complexity index is 1040. The zero-order chi connectivity index (χ0) is 19.0. The fraction of sp³-hybridized carbons (Fsp3) is 0.316. The van der Waals surface area contributed by atoms with E-state index in [1.54, 1.807) is 0 Å². The molecule has 8 heteroatoms. The highest BCUT2D eigenvalue weighted by Gasteiger charge is 2.31. The van der Waals surface area contributed by atoms with E-state index < -0.39 is 0 Å². The topological polar surface area (TPSA) is 93.3 Å². The largest absolute Gasteiger partial charge is 0.365 e. The number of H-pyrrole nitrogens is 1. The molecule has 1 amide bonds. The van der Waals surface area contributed by atoms with Crippen LogP contribution in [0.15, 0.2) is 35.1 Å². The number of carbonyl (C=O) groups excluding carboxylic acids is 1. The third kappa shape index (κ3) is 3.76. The van der Waals surface area contributed by atoms with Crippen molar-refractivity contribution < 1.29 is 9.69 Å². The number of quaternary nitrogens is 1. The molecule has 0 spiro atoms. The predicted molar refractivity (Wildman–Crippen MR) is 107 cm³/mol. The number of aromatic nitrogens is 2. The van der Waals surface area contributed by atoms with Crippen molar-refractivity contribution in [3.05, 3.63) is 51.5 Å². The van der Waals surface area contributed by atoms with E-state index in [1.807, 2.05) is 30.3 Å². The Kier molecular flexibility index (Phi) is 4.99. The van der Waals surface area contributed by atoms with Crippen LogP contribution >= 0.6 is 22.9 Å². The van der Waals surface area contributed by atoms with Gasteiger partial charge in [0.2, 0.25) is 0 Å². The highest BCUT2D eigenvalue weighted by atomic mass is 35.5. The minimum atomic E-state index is -0.284. The summed E-state index contributed by atoms with van der Waals surface area (Å²) in [6.07, 6.45) is 2.84. The number of hydrogen-bond donors (Lipinski definition) is 3. The number of primary amides is 1. The van der Waals surface area contributed by atoms with E-state index in [0.717, 1.165) is 41.1 Å². The Morgan fingerprint density at radius 1 is 1.33 bits per heavy atom. The monoisotopic (exact) mass is 403 g/mol. The third-order valence-electron chi connectivity index (χ3n) is 5.03. The number of nitrogens with two attached hydrogens (primary N) is 1. The summed E-state index contributed by atoms with van der Waals surface area (Å²) in [5.74, 6) is 0.310. The van der Waals surface area contributed by atoms with Gasteiger partial charge in [0, 0.05) is 16.3 Å². The third-order valence-corrected chi connectivity index (χ3v) is 6.46. The number of piperidine rings is 1. The number of fused-ring (bicyclic) bond motifs is 1. The number of halogens is 1. The van der Waals surface area contributed by atoms with E-state index >= 15 is 0 Å². The van der Waals surface area contributed by atoms with Crippen LogP contribution in [0.4, 0.5) is 0 Å². The van der Waals surface area contributed by atoms with Gasteiger partial charge in [-0.25, -0.2) is 4.98 Å². The maximum atomic E-state index is 12.5. The zero-order valence-corrected chi connectivity index (χ0v) is 16.2. The van der Waals surface area contributed by atoms with Gasteiger partial charge in [0.15, 0.2) is 11.9 Å². The molecule has 1 aliphatic rings. The quantitative estimate of drug-likeness (QED) is 0.619. The molecule has 1 aromatic carbocycles. The Morgan fingerprint density at radius 2 is 2.11 bits per heavy atom. The van der Waals surface area contributed by atoms with Gasteiger partial charge in [-0.15, -0.1) is 11.3 Å². The Hall–Kier alpha value is -2.22. The lowest BCUT2D eigenvalue weighted by Gasteiger charge is -2.29. The van der Waals surface area contributed by atoms with E-state index in [2.05, 4.69) is 9.97 Å². The second-order valence-corrected chi connectivity index (χ2v) is 8.37. The van der Waals surface area contributed by atoms with Crippen LogP contribution in [-0.2, 0) is 11.3 Å². The summed E-state index contributed by atoms with van der Waals surface area (Å²) in [5.41, 5.74) is 7.08. The Balaban J connectivity index is 1.66. The lowest BCUT2D eigenvalue weighted by Crippen LogP contribution is -3.16. The number of amides is 1. The van der Waals surface area contributed by atoms with Gasteiger partial charge < -0.3 is 15.6 Å². The predicted octanol–water partition coefficient (Wildman–Crippen LogP) is 1.73. The van der Waals surface area contributed by atoms with Crippen LogP contribution in [0.2, 0.25) is 5.02 Å². The molecule has 0 aliphatic carbocycles. The van der Waals surface area contributed by atoms with Gasteiger partial charge in [0.1, 0.15) is 11.2 Å². The maximum absolute atomic E-state index is 12.5. The first-order chi connectivity index (χ1) is 13.0. The number of likely N-dealkylation sites (tertiary alicyclic amines) is 1. The van der Waals surface area contributed by atoms with Crippen LogP contribution in [0.5, 0.6) is 0 Å². The maximum Gasteiger partial charge on any atom is 0.275 e. The van der Waals surface area contributed by atoms with Crippen molar-refractivity contribution in [3.63, 3.8) is 0 Å². The van der Waals surface area contributed by atoms with Crippen molar-refractivity contribution in [3.8, 4) is 10.4 Å². The first-order valence-corrected chi connectivity index (χ1v) is 10.1. The van der Waals surface area contributed by atoms with Crippen molar-refractivity contribution in [1.29, 1.82) is 0 Å². The number of nitrogens with one attached hydrogen (secondary N) is 2. The SMILES string of the molecule is NC(=O)[C@@H]1CCCC[NH+]1Cc1nc2cc(-c3ccc(Cl)cc3)sc2c(=O)[nH]1. The molecule has 1 aliphatic heterocycles. The molecule has 3 heterocycles. The second kappa shape index (κ2) is 7.42. The van der Waals surface area contributed by atoms with E-state index in [-0.39, 0.29) is 17.5 Å². The normalized spacial score (nSPS) is 20.0. The minimum absolute atomic E-state index is 0.146. The molecule has 1 fully saturated rings. The summed E-state index contributed by atoms with van der Waals surface area (Å²) < 4.78 is 0.601. The second-order valence-electron chi connectivity index (χ2n) is 6.88. The molecule has 1 unspecified atom stereocenters. The van der Waals surface area contributed by atoms with Crippen molar-refractivity contribution in [1.82, 2.24) is 9.97 Å². The van der Waals surface area contributed by atoms with Gasteiger partial charge in [0.05, 0.1) is 12.1 Å². The number of carbonyl (C=O) groups is 1. The molecule has 2 aromatic heterocycles. The van der Waals surface area contributed by atoms with Gasteiger partial charge in [-0.2, -0.15) is 0 Å². The molecule has 1 saturated heterocycles. The molecule has 4 rings (SSSR count). The van der Waals surface area contributed by atoms with Crippen molar-refractivity contribution in [2.75, 3.05) is 6.54 Å².